The molecule has 2 nitrogen and oxygen atoms in total. The van der Waals surface area contributed by atoms with Crippen LogP contribution in [-0.2, 0) is 0 Å². The van der Waals surface area contributed by atoms with Gasteiger partial charge in [-0.15, -0.1) is 0 Å². The maximum Gasteiger partial charge on any atom is 0.0890 e. The molecule has 1 aliphatic carbocycles. The monoisotopic (exact) mass is 369 g/mol. The Morgan fingerprint density at radius 1 is 0.577 bits per heavy atom. The average Bonchev–Trinajstić information content (AvgIpc) is 2.66. The lowest BCUT2D eigenvalue weighted by molar-refractivity contribution is -0.951. The predicted octanol–water partition coefficient (Wildman–Crippen LogP) is 7.70. The van der Waals surface area contributed by atoms with Crippen LogP contribution in [0.2, 0.25) is 0 Å². The SMILES string of the molecule is CCCCCCCCCCCC[N+](CC)(CCCC)C1CCCCC1.[OH-]. The lowest BCUT2D eigenvalue weighted by Crippen LogP contribution is -2.57. The van der Waals surface area contributed by atoms with E-state index in [9.17, 15) is 0 Å². The molecule has 1 unspecified atom stereocenters. The third-order valence-corrected chi connectivity index (χ3v) is 6.89. The molecule has 0 aromatic heterocycles. The Labute approximate surface area is 166 Å². The lowest BCUT2D eigenvalue weighted by Gasteiger charge is -2.46. The topological polar surface area (TPSA) is 30.0 Å². The summed E-state index contributed by atoms with van der Waals surface area (Å²) >= 11 is 0. The standard InChI is InChI=1S/C24H50N.H2O/c1-4-7-9-10-11-12-13-14-15-19-23-25(6-3,22-8-5-2)24-20-17-16-18-21-24;/h24H,4-23H2,1-3H3;1H2/q+1;/p-1. The summed E-state index contributed by atoms with van der Waals surface area (Å²) in [6.45, 7) is 11.4. The second kappa shape index (κ2) is 17.0. The second-order valence-corrected chi connectivity index (χ2v) is 8.81. The Morgan fingerprint density at radius 3 is 1.54 bits per heavy atom. The zero-order valence-corrected chi connectivity index (χ0v) is 18.6. The van der Waals surface area contributed by atoms with E-state index in [0.717, 1.165) is 6.04 Å². The van der Waals surface area contributed by atoms with Gasteiger partial charge in [0.25, 0.3) is 0 Å². The largest absolute Gasteiger partial charge is 0.870 e. The molecule has 2 heteroatoms. The van der Waals surface area contributed by atoms with Crippen LogP contribution in [0, 0.1) is 0 Å². The fourth-order valence-corrected chi connectivity index (χ4v) is 5.07. The zero-order chi connectivity index (χ0) is 18.2. The summed E-state index contributed by atoms with van der Waals surface area (Å²) in [7, 11) is 0. The molecule has 158 valence electrons. The molecule has 0 aliphatic heterocycles. The highest BCUT2D eigenvalue weighted by Crippen LogP contribution is 2.30. The van der Waals surface area contributed by atoms with Gasteiger partial charge in [-0.25, -0.2) is 0 Å². The maximum atomic E-state index is 2.47. The van der Waals surface area contributed by atoms with Gasteiger partial charge < -0.3 is 9.96 Å². The first kappa shape index (κ1) is 25.9. The zero-order valence-electron chi connectivity index (χ0n) is 18.6. The molecule has 0 amide bonds. The quantitative estimate of drug-likeness (QED) is 0.202. The van der Waals surface area contributed by atoms with Crippen molar-refractivity contribution in [3.05, 3.63) is 0 Å². The molecule has 1 N–H and O–H groups in total. The van der Waals surface area contributed by atoms with Crippen LogP contribution in [0.1, 0.15) is 130 Å². The molecule has 0 bridgehead atoms. The Morgan fingerprint density at radius 2 is 1.04 bits per heavy atom. The molecular formula is C24H51NO. The van der Waals surface area contributed by atoms with Crippen LogP contribution in [0.25, 0.3) is 0 Å². The van der Waals surface area contributed by atoms with Crippen molar-refractivity contribution in [1.82, 2.24) is 0 Å². The van der Waals surface area contributed by atoms with Crippen molar-refractivity contribution in [2.75, 3.05) is 19.6 Å². The summed E-state index contributed by atoms with van der Waals surface area (Å²) in [6, 6.07) is 0.990. The van der Waals surface area contributed by atoms with Crippen LogP contribution in [0.3, 0.4) is 0 Å². The van der Waals surface area contributed by atoms with Gasteiger partial charge in [0.15, 0.2) is 0 Å². The summed E-state index contributed by atoms with van der Waals surface area (Å²) < 4.78 is 1.46. The Kier molecular flexibility index (Phi) is 17.0. The molecule has 0 aromatic carbocycles. The van der Waals surface area contributed by atoms with Crippen molar-refractivity contribution in [1.29, 1.82) is 0 Å². The van der Waals surface area contributed by atoms with E-state index < -0.39 is 0 Å². The van der Waals surface area contributed by atoms with E-state index in [1.54, 1.807) is 0 Å². The highest BCUT2D eigenvalue weighted by atomic mass is 16.0. The van der Waals surface area contributed by atoms with E-state index in [4.69, 9.17) is 0 Å². The highest BCUT2D eigenvalue weighted by molar-refractivity contribution is 4.68. The molecule has 1 rings (SSSR count). The van der Waals surface area contributed by atoms with E-state index in [1.165, 1.54) is 133 Å². The average molecular weight is 370 g/mol. The first-order valence-electron chi connectivity index (χ1n) is 12.1. The molecule has 0 spiro atoms. The van der Waals surface area contributed by atoms with Crippen molar-refractivity contribution in [2.24, 2.45) is 0 Å². The summed E-state index contributed by atoms with van der Waals surface area (Å²) in [4.78, 5) is 0. The molecule has 1 atom stereocenters. The first-order chi connectivity index (χ1) is 12.3. The van der Waals surface area contributed by atoms with Crippen LogP contribution in [0.15, 0.2) is 0 Å². The van der Waals surface area contributed by atoms with E-state index in [-0.39, 0.29) is 5.48 Å². The molecule has 1 saturated carbocycles. The van der Waals surface area contributed by atoms with Crippen molar-refractivity contribution in [2.45, 2.75) is 136 Å². The summed E-state index contributed by atoms with van der Waals surface area (Å²) in [5, 5.41) is 0. The normalized spacial score (nSPS) is 17.7. The third kappa shape index (κ3) is 10.3. The molecular weight excluding hydrogens is 318 g/mol. The fraction of sp³-hybridized carbons (Fsp3) is 1.00. The van der Waals surface area contributed by atoms with Gasteiger partial charge in [0, 0.05) is 0 Å². The first-order valence-corrected chi connectivity index (χ1v) is 12.1. The number of unbranched alkanes of at least 4 members (excludes halogenated alkanes) is 10. The van der Waals surface area contributed by atoms with Crippen molar-refractivity contribution in [3.63, 3.8) is 0 Å². The van der Waals surface area contributed by atoms with Gasteiger partial charge in [-0.05, 0) is 51.9 Å². The summed E-state index contributed by atoms with van der Waals surface area (Å²) in [5.74, 6) is 0. The van der Waals surface area contributed by atoms with Crippen LogP contribution < -0.4 is 0 Å². The van der Waals surface area contributed by atoms with Gasteiger partial charge in [0.2, 0.25) is 0 Å². The van der Waals surface area contributed by atoms with Crippen LogP contribution >= 0.6 is 0 Å². The minimum atomic E-state index is 0. The fourth-order valence-electron chi connectivity index (χ4n) is 5.07. The smallest absolute Gasteiger partial charge is 0.0890 e. The maximum absolute atomic E-state index is 2.47. The molecule has 0 saturated heterocycles. The molecule has 26 heavy (non-hydrogen) atoms. The van der Waals surface area contributed by atoms with Crippen LogP contribution in [0.5, 0.6) is 0 Å². The summed E-state index contributed by atoms with van der Waals surface area (Å²) in [6.07, 6.45) is 24.9. The van der Waals surface area contributed by atoms with Crippen molar-refractivity contribution < 1.29 is 9.96 Å². The number of quaternary nitrogens is 1. The Bertz CT molecular complexity index is 288. The third-order valence-electron chi connectivity index (χ3n) is 6.89. The number of hydrogen-bond acceptors (Lipinski definition) is 1. The highest BCUT2D eigenvalue weighted by Gasteiger charge is 2.35. The van der Waals surface area contributed by atoms with Gasteiger partial charge >= 0.3 is 0 Å². The van der Waals surface area contributed by atoms with E-state index >= 15 is 0 Å². The summed E-state index contributed by atoms with van der Waals surface area (Å²) in [5.41, 5.74) is 0. The van der Waals surface area contributed by atoms with Gasteiger partial charge in [0.1, 0.15) is 0 Å². The number of nitrogens with zero attached hydrogens (tertiary/aromatic N) is 1. The van der Waals surface area contributed by atoms with Crippen molar-refractivity contribution in [3.8, 4) is 0 Å². The lowest BCUT2D eigenvalue weighted by atomic mass is 9.91. The van der Waals surface area contributed by atoms with Gasteiger partial charge in [-0.3, -0.25) is 0 Å². The minimum Gasteiger partial charge on any atom is -0.870 e. The van der Waals surface area contributed by atoms with Gasteiger partial charge in [0.05, 0.1) is 25.7 Å². The number of hydrogen-bond donors (Lipinski definition) is 0. The minimum absolute atomic E-state index is 0. The van der Waals surface area contributed by atoms with Crippen molar-refractivity contribution >= 4 is 0 Å². The molecule has 0 radical (unpaired) electrons. The van der Waals surface area contributed by atoms with Gasteiger partial charge in [-0.2, -0.15) is 0 Å². The Balaban J connectivity index is 0.00000625. The second-order valence-electron chi connectivity index (χ2n) is 8.81. The van der Waals surface area contributed by atoms with E-state index in [0.29, 0.717) is 0 Å². The van der Waals surface area contributed by atoms with Gasteiger partial charge in [-0.1, -0.05) is 78.1 Å². The molecule has 1 fully saturated rings. The van der Waals surface area contributed by atoms with Crippen LogP contribution in [0.4, 0.5) is 0 Å². The van der Waals surface area contributed by atoms with E-state index in [1.807, 2.05) is 0 Å². The molecule has 0 heterocycles. The Hall–Kier alpha value is -0.0800. The predicted molar refractivity (Wildman–Crippen MR) is 116 cm³/mol. The molecule has 0 aromatic rings. The van der Waals surface area contributed by atoms with E-state index in [2.05, 4.69) is 20.8 Å². The number of rotatable bonds is 16. The van der Waals surface area contributed by atoms with Crippen LogP contribution in [-0.4, -0.2) is 35.6 Å². The molecule has 1 aliphatic rings.